The lowest BCUT2D eigenvalue weighted by Gasteiger charge is -2.02. The number of para-hydroxylation sites is 1. The zero-order chi connectivity index (χ0) is 15.5. The highest BCUT2D eigenvalue weighted by Gasteiger charge is 2.05. The molecule has 3 rings (SSSR count). The Bertz CT molecular complexity index is 878. The van der Waals surface area contributed by atoms with E-state index in [0.717, 1.165) is 15.0 Å². The van der Waals surface area contributed by atoms with Crippen LogP contribution in [-0.2, 0) is 7.05 Å². The second kappa shape index (κ2) is 6.03. The lowest BCUT2D eigenvalue weighted by atomic mass is 10.2. The van der Waals surface area contributed by atoms with Crippen molar-refractivity contribution in [2.45, 2.75) is 0 Å². The van der Waals surface area contributed by atoms with Gasteiger partial charge in [0.25, 0.3) is 5.91 Å². The first-order valence-corrected chi connectivity index (χ1v) is 7.53. The van der Waals surface area contributed by atoms with Gasteiger partial charge in [0.2, 0.25) is 4.80 Å². The van der Waals surface area contributed by atoms with E-state index in [1.54, 1.807) is 31.4 Å². The number of carbonyl (C=O) groups excluding carboxylic acids is 1. The fraction of sp³-hybridized carbons (Fsp3) is 0.125. The van der Waals surface area contributed by atoms with Crippen LogP contribution in [0.5, 0.6) is 5.75 Å². The van der Waals surface area contributed by atoms with E-state index in [2.05, 4.69) is 10.5 Å². The first-order chi connectivity index (χ1) is 10.7. The first-order valence-electron chi connectivity index (χ1n) is 6.72. The number of hydrogen-bond acceptors (Lipinski definition) is 4. The normalized spacial score (nSPS) is 11.6. The van der Waals surface area contributed by atoms with E-state index in [0.29, 0.717) is 11.3 Å². The molecule has 0 aliphatic rings. The third kappa shape index (κ3) is 2.73. The molecule has 0 atom stereocenters. The van der Waals surface area contributed by atoms with Crippen LogP contribution in [0.3, 0.4) is 0 Å². The van der Waals surface area contributed by atoms with Gasteiger partial charge >= 0.3 is 0 Å². The van der Waals surface area contributed by atoms with Gasteiger partial charge in [-0.25, -0.2) is 5.43 Å². The number of ether oxygens (including phenoxy) is 1. The summed E-state index contributed by atoms with van der Waals surface area (Å²) < 4.78 is 8.15. The summed E-state index contributed by atoms with van der Waals surface area (Å²) >= 11 is 1.53. The molecule has 0 unspecified atom stereocenters. The average Bonchev–Trinajstić information content (AvgIpc) is 2.89. The summed E-state index contributed by atoms with van der Waals surface area (Å²) in [7, 11) is 3.52. The van der Waals surface area contributed by atoms with Crippen LogP contribution in [0.15, 0.2) is 53.6 Å². The molecule has 2 aromatic carbocycles. The Kier molecular flexibility index (Phi) is 3.93. The number of rotatable bonds is 3. The third-order valence-corrected chi connectivity index (χ3v) is 4.43. The number of carbonyl (C=O) groups is 1. The number of nitrogens with zero attached hydrogens (tertiary/aromatic N) is 2. The van der Waals surface area contributed by atoms with Crippen molar-refractivity contribution in [1.82, 2.24) is 9.99 Å². The number of amides is 1. The van der Waals surface area contributed by atoms with Crippen LogP contribution in [0.1, 0.15) is 10.4 Å². The van der Waals surface area contributed by atoms with Gasteiger partial charge in [-0.2, -0.15) is 0 Å². The molecule has 3 aromatic rings. The highest BCUT2D eigenvalue weighted by Crippen LogP contribution is 2.15. The zero-order valence-electron chi connectivity index (χ0n) is 12.2. The quantitative estimate of drug-likeness (QED) is 0.755. The molecule has 1 amide bonds. The first kappa shape index (κ1) is 14.3. The Labute approximate surface area is 131 Å². The van der Waals surface area contributed by atoms with Crippen LogP contribution >= 0.6 is 11.3 Å². The molecule has 5 nitrogen and oxygen atoms in total. The van der Waals surface area contributed by atoms with Crippen LogP contribution in [0, 0.1) is 0 Å². The number of nitrogens with one attached hydrogen (secondary N) is 1. The maximum Gasteiger partial charge on any atom is 0.271 e. The van der Waals surface area contributed by atoms with Crippen molar-refractivity contribution in [1.29, 1.82) is 0 Å². The predicted molar refractivity (Wildman–Crippen MR) is 86.8 cm³/mol. The molecule has 0 aliphatic carbocycles. The van der Waals surface area contributed by atoms with Gasteiger partial charge in [0.1, 0.15) is 5.75 Å². The van der Waals surface area contributed by atoms with Gasteiger partial charge in [-0.1, -0.05) is 23.5 Å². The number of methoxy groups -OCH3 is 1. The molecule has 1 heterocycles. The molecular weight excluding hydrogens is 298 g/mol. The minimum atomic E-state index is -0.250. The van der Waals surface area contributed by atoms with E-state index in [1.807, 2.05) is 35.9 Å². The van der Waals surface area contributed by atoms with E-state index in [1.165, 1.54) is 11.3 Å². The Morgan fingerprint density at radius 3 is 2.59 bits per heavy atom. The second-order valence-corrected chi connectivity index (χ2v) is 5.70. The smallest absolute Gasteiger partial charge is 0.271 e. The van der Waals surface area contributed by atoms with E-state index in [4.69, 9.17) is 4.74 Å². The van der Waals surface area contributed by atoms with Gasteiger partial charge in [0.05, 0.1) is 17.3 Å². The monoisotopic (exact) mass is 313 g/mol. The van der Waals surface area contributed by atoms with E-state index < -0.39 is 0 Å². The Hall–Kier alpha value is -2.60. The molecular formula is C16H15N3O2S. The molecule has 112 valence electrons. The van der Waals surface area contributed by atoms with Gasteiger partial charge in [0, 0.05) is 12.6 Å². The highest BCUT2D eigenvalue weighted by atomic mass is 32.1. The maximum absolute atomic E-state index is 12.1. The number of hydrogen-bond donors (Lipinski definition) is 1. The van der Waals surface area contributed by atoms with Crippen LogP contribution in [-0.4, -0.2) is 17.6 Å². The number of aryl methyl sites for hydroxylation is 1. The fourth-order valence-electron chi connectivity index (χ4n) is 2.09. The summed E-state index contributed by atoms with van der Waals surface area (Å²) in [5, 5.41) is 4.21. The number of fused-ring (bicyclic) bond motifs is 1. The fourth-order valence-corrected chi connectivity index (χ4v) is 3.07. The minimum absolute atomic E-state index is 0.250. The summed E-state index contributed by atoms with van der Waals surface area (Å²) in [6.45, 7) is 0. The van der Waals surface area contributed by atoms with E-state index in [9.17, 15) is 4.79 Å². The van der Waals surface area contributed by atoms with Crippen LogP contribution < -0.4 is 15.0 Å². The van der Waals surface area contributed by atoms with Gasteiger partial charge in [-0.3, -0.25) is 4.79 Å². The van der Waals surface area contributed by atoms with Crippen LogP contribution in [0.2, 0.25) is 0 Å². The number of benzene rings is 2. The lowest BCUT2D eigenvalue weighted by Crippen LogP contribution is -2.23. The molecule has 0 radical (unpaired) electrons. The summed E-state index contributed by atoms with van der Waals surface area (Å²) in [5.74, 6) is 0.463. The summed E-state index contributed by atoms with van der Waals surface area (Å²) in [6, 6.07) is 14.9. The standard InChI is InChI=1S/C16H15N3O2S/c1-19-13-5-3-4-6-14(13)22-16(19)18-17-15(20)11-7-9-12(21-2)10-8-11/h3-10H,1-2H3,(H,17,20)/b18-16+. The topological polar surface area (TPSA) is 55.6 Å². The van der Waals surface area contributed by atoms with Crippen molar-refractivity contribution in [2.75, 3.05) is 7.11 Å². The van der Waals surface area contributed by atoms with Gasteiger partial charge in [-0.05, 0) is 36.4 Å². The van der Waals surface area contributed by atoms with Crippen molar-refractivity contribution < 1.29 is 9.53 Å². The molecule has 1 aromatic heterocycles. The molecule has 6 heteroatoms. The van der Waals surface area contributed by atoms with Gasteiger partial charge in [-0.15, -0.1) is 5.10 Å². The molecule has 0 aliphatic heterocycles. The largest absolute Gasteiger partial charge is 0.497 e. The van der Waals surface area contributed by atoms with Gasteiger partial charge < -0.3 is 9.30 Å². The molecule has 1 N–H and O–H groups in total. The second-order valence-electron chi connectivity index (χ2n) is 4.69. The number of aromatic nitrogens is 1. The van der Waals surface area contributed by atoms with Crippen LogP contribution in [0.4, 0.5) is 0 Å². The SMILES string of the molecule is COc1ccc(C(=O)N/N=c2/sc3ccccc3n2C)cc1. The Morgan fingerprint density at radius 1 is 1.18 bits per heavy atom. The molecule has 0 bridgehead atoms. The molecule has 22 heavy (non-hydrogen) atoms. The molecule has 0 saturated carbocycles. The van der Waals surface area contributed by atoms with Gasteiger partial charge in [0.15, 0.2) is 0 Å². The highest BCUT2D eigenvalue weighted by molar-refractivity contribution is 7.16. The van der Waals surface area contributed by atoms with Crippen molar-refractivity contribution in [3.63, 3.8) is 0 Å². The van der Waals surface area contributed by atoms with Crippen molar-refractivity contribution in [2.24, 2.45) is 12.1 Å². The zero-order valence-corrected chi connectivity index (χ0v) is 13.1. The third-order valence-electron chi connectivity index (χ3n) is 3.32. The lowest BCUT2D eigenvalue weighted by molar-refractivity contribution is 0.0953. The van der Waals surface area contributed by atoms with Crippen molar-refractivity contribution >= 4 is 27.5 Å². The number of thiazole rings is 1. The van der Waals surface area contributed by atoms with E-state index >= 15 is 0 Å². The molecule has 0 spiro atoms. The summed E-state index contributed by atoms with van der Waals surface area (Å²) in [6.07, 6.45) is 0. The molecule has 0 saturated heterocycles. The molecule has 0 fully saturated rings. The Balaban J connectivity index is 1.85. The minimum Gasteiger partial charge on any atom is -0.497 e. The van der Waals surface area contributed by atoms with Crippen LogP contribution in [0.25, 0.3) is 10.2 Å². The van der Waals surface area contributed by atoms with Crippen molar-refractivity contribution in [3.8, 4) is 5.75 Å². The van der Waals surface area contributed by atoms with Crippen molar-refractivity contribution in [3.05, 3.63) is 58.9 Å². The maximum atomic E-state index is 12.1. The van der Waals surface area contributed by atoms with E-state index in [-0.39, 0.29) is 5.91 Å². The Morgan fingerprint density at radius 2 is 1.91 bits per heavy atom. The average molecular weight is 313 g/mol. The summed E-state index contributed by atoms with van der Waals surface area (Å²) in [4.78, 5) is 12.8. The predicted octanol–water partition coefficient (Wildman–Crippen LogP) is 2.49. The summed E-state index contributed by atoms with van der Waals surface area (Å²) in [5.41, 5.74) is 4.21.